The number of aryl methyl sites for hydroxylation is 1. The van der Waals surface area contributed by atoms with Crippen molar-refractivity contribution in [3.05, 3.63) is 29.6 Å². The van der Waals surface area contributed by atoms with Crippen LogP contribution in [0.25, 0.3) is 0 Å². The molecule has 0 spiro atoms. The van der Waals surface area contributed by atoms with E-state index in [4.69, 9.17) is 14.6 Å². The van der Waals surface area contributed by atoms with Gasteiger partial charge in [-0.25, -0.2) is 9.18 Å². The number of amides is 1. The van der Waals surface area contributed by atoms with Crippen LogP contribution in [0.3, 0.4) is 0 Å². The number of methoxy groups -OCH3 is 1. The highest BCUT2D eigenvalue weighted by atomic mass is 19.1. The summed E-state index contributed by atoms with van der Waals surface area (Å²) < 4.78 is 23.5. The van der Waals surface area contributed by atoms with Crippen molar-refractivity contribution in [2.75, 3.05) is 26.9 Å². The molecule has 1 atom stereocenters. The Morgan fingerprint density at radius 2 is 2.27 bits per heavy atom. The van der Waals surface area contributed by atoms with Crippen LogP contribution in [-0.2, 0) is 20.7 Å². The number of carbonyl (C=O) groups is 2. The van der Waals surface area contributed by atoms with E-state index in [-0.39, 0.29) is 31.2 Å². The van der Waals surface area contributed by atoms with Gasteiger partial charge in [-0.05, 0) is 24.1 Å². The van der Waals surface area contributed by atoms with E-state index in [2.05, 4.69) is 0 Å². The zero-order valence-corrected chi connectivity index (χ0v) is 12.3. The van der Waals surface area contributed by atoms with Crippen molar-refractivity contribution in [2.45, 2.75) is 18.9 Å². The molecule has 7 heteroatoms. The van der Waals surface area contributed by atoms with E-state index in [9.17, 15) is 14.0 Å². The summed E-state index contributed by atoms with van der Waals surface area (Å²) in [5.74, 6) is -1.69. The number of hydrogen-bond donors (Lipinski definition) is 1. The standard InChI is InChI=1S/C15H18FNO5/c1-21-13-4-2-10(8-11(13)16)3-5-14(18)17-6-7-22-9-12(17)15(19)20/h2,4,8,12H,3,5-7,9H2,1H3,(H,19,20)/t12-/m0/s1. The average Bonchev–Trinajstić information content (AvgIpc) is 2.52. The van der Waals surface area contributed by atoms with Crippen molar-refractivity contribution < 1.29 is 28.6 Å². The minimum absolute atomic E-state index is 0.00175. The minimum atomic E-state index is -1.08. The summed E-state index contributed by atoms with van der Waals surface area (Å²) in [4.78, 5) is 24.6. The summed E-state index contributed by atoms with van der Waals surface area (Å²) in [6.45, 7) is 0.581. The second-order valence-electron chi connectivity index (χ2n) is 4.98. The van der Waals surface area contributed by atoms with E-state index < -0.39 is 17.8 Å². The van der Waals surface area contributed by atoms with Crippen LogP contribution in [0.15, 0.2) is 18.2 Å². The molecule has 0 aliphatic carbocycles. The first-order chi connectivity index (χ1) is 10.5. The number of morpholine rings is 1. The summed E-state index contributed by atoms with van der Waals surface area (Å²) >= 11 is 0. The number of carboxylic acids is 1. The van der Waals surface area contributed by atoms with Crippen LogP contribution in [0.1, 0.15) is 12.0 Å². The lowest BCUT2D eigenvalue weighted by Gasteiger charge is -2.32. The number of halogens is 1. The maximum absolute atomic E-state index is 13.6. The van der Waals surface area contributed by atoms with Crippen LogP contribution < -0.4 is 4.74 Å². The van der Waals surface area contributed by atoms with Crippen molar-refractivity contribution in [3.8, 4) is 5.75 Å². The van der Waals surface area contributed by atoms with E-state index in [1.54, 1.807) is 6.07 Å². The Morgan fingerprint density at radius 3 is 2.91 bits per heavy atom. The normalized spacial score (nSPS) is 18.1. The Bertz CT molecular complexity index is 563. The molecule has 1 saturated heterocycles. The van der Waals surface area contributed by atoms with E-state index in [0.717, 1.165) is 0 Å². The average molecular weight is 311 g/mol. The molecule has 1 heterocycles. The Labute approximate surface area is 127 Å². The van der Waals surface area contributed by atoms with Gasteiger partial charge in [0.25, 0.3) is 0 Å². The first-order valence-corrected chi connectivity index (χ1v) is 6.95. The molecular weight excluding hydrogens is 293 g/mol. The number of rotatable bonds is 5. The molecule has 1 aliphatic heterocycles. The Kier molecular flexibility index (Phi) is 5.32. The van der Waals surface area contributed by atoms with Gasteiger partial charge in [0.1, 0.15) is 0 Å². The van der Waals surface area contributed by atoms with Crippen LogP contribution in [0.5, 0.6) is 5.75 Å². The molecule has 0 aromatic heterocycles. The van der Waals surface area contributed by atoms with Gasteiger partial charge in [-0.15, -0.1) is 0 Å². The molecule has 1 aliphatic rings. The van der Waals surface area contributed by atoms with Crippen molar-refractivity contribution in [1.82, 2.24) is 4.90 Å². The molecule has 0 radical (unpaired) electrons. The van der Waals surface area contributed by atoms with Crippen LogP contribution in [0.4, 0.5) is 4.39 Å². The third-order valence-corrected chi connectivity index (χ3v) is 3.58. The molecule has 22 heavy (non-hydrogen) atoms. The van der Waals surface area contributed by atoms with Gasteiger partial charge in [-0.2, -0.15) is 0 Å². The summed E-state index contributed by atoms with van der Waals surface area (Å²) in [5.41, 5.74) is 0.659. The van der Waals surface area contributed by atoms with Crippen molar-refractivity contribution in [1.29, 1.82) is 0 Å². The van der Waals surface area contributed by atoms with Crippen LogP contribution in [0.2, 0.25) is 0 Å². The van der Waals surface area contributed by atoms with Gasteiger partial charge in [0, 0.05) is 13.0 Å². The number of nitrogens with zero attached hydrogens (tertiary/aromatic N) is 1. The van der Waals surface area contributed by atoms with Crippen molar-refractivity contribution in [2.24, 2.45) is 0 Å². The summed E-state index contributed by atoms with van der Waals surface area (Å²) in [5, 5.41) is 9.10. The van der Waals surface area contributed by atoms with Gasteiger partial charge in [0.2, 0.25) is 5.91 Å². The number of carbonyl (C=O) groups excluding carboxylic acids is 1. The smallest absolute Gasteiger partial charge is 0.328 e. The lowest BCUT2D eigenvalue weighted by Crippen LogP contribution is -2.52. The summed E-state index contributed by atoms with van der Waals surface area (Å²) in [6.07, 6.45) is 0.457. The third-order valence-electron chi connectivity index (χ3n) is 3.58. The number of hydrogen-bond acceptors (Lipinski definition) is 4. The fourth-order valence-corrected chi connectivity index (χ4v) is 2.37. The van der Waals surface area contributed by atoms with Crippen LogP contribution in [-0.4, -0.2) is 54.8 Å². The SMILES string of the molecule is COc1ccc(CCC(=O)N2CCOC[C@H]2C(=O)O)cc1F. The highest BCUT2D eigenvalue weighted by Gasteiger charge is 2.32. The van der Waals surface area contributed by atoms with Gasteiger partial charge in [0.05, 0.1) is 20.3 Å². The van der Waals surface area contributed by atoms with Gasteiger partial charge in [-0.1, -0.05) is 6.07 Å². The van der Waals surface area contributed by atoms with Crippen LogP contribution in [0, 0.1) is 5.82 Å². The number of carboxylic acid groups (broad SMARTS) is 1. The second kappa shape index (κ2) is 7.22. The number of aliphatic carboxylic acids is 1. The monoisotopic (exact) mass is 311 g/mol. The van der Waals surface area contributed by atoms with E-state index in [0.29, 0.717) is 18.6 Å². The predicted molar refractivity (Wildman–Crippen MR) is 75.2 cm³/mol. The molecule has 120 valence electrons. The molecule has 0 unspecified atom stereocenters. The lowest BCUT2D eigenvalue weighted by atomic mass is 10.1. The number of benzene rings is 1. The minimum Gasteiger partial charge on any atom is -0.494 e. The van der Waals surface area contributed by atoms with E-state index in [1.807, 2.05) is 0 Å². The molecule has 0 bridgehead atoms. The topological polar surface area (TPSA) is 76.1 Å². The van der Waals surface area contributed by atoms with Crippen molar-refractivity contribution in [3.63, 3.8) is 0 Å². The fraction of sp³-hybridized carbons (Fsp3) is 0.467. The van der Waals surface area contributed by atoms with Gasteiger partial charge in [-0.3, -0.25) is 4.79 Å². The summed E-state index contributed by atoms with van der Waals surface area (Å²) in [7, 11) is 1.38. The Balaban J connectivity index is 1.96. The highest BCUT2D eigenvalue weighted by Crippen LogP contribution is 2.19. The highest BCUT2D eigenvalue weighted by molar-refractivity contribution is 5.84. The Hall–Kier alpha value is -2.15. The van der Waals surface area contributed by atoms with E-state index >= 15 is 0 Å². The molecule has 1 amide bonds. The largest absolute Gasteiger partial charge is 0.494 e. The van der Waals surface area contributed by atoms with E-state index in [1.165, 1.54) is 24.1 Å². The molecule has 1 aromatic carbocycles. The number of ether oxygens (including phenoxy) is 2. The maximum atomic E-state index is 13.6. The van der Waals surface area contributed by atoms with Gasteiger partial charge >= 0.3 is 5.97 Å². The van der Waals surface area contributed by atoms with Crippen molar-refractivity contribution >= 4 is 11.9 Å². The zero-order valence-electron chi connectivity index (χ0n) is 12.3. The fourth-order valence-electron chi connectivity index (χ4n) is 2.37. The van der Waals surface area contributed by atoms with Gasteiger partial charge < -0.3 is 19.5 Å². The van der Waals surface area contributed by atoms with Crippen LogP contribution >= 0.6 is 0 Å². The molecule has 1 N–H and O–H groups in total. The molecule has 2 rings (SSSR count). The molecular formula is C15H18FNO5. The third kappa shape index (κ3) is 3.73. The first-order valence-electron chi connectivity index (χ1n) is 6.95. The predicted octanol–water partition coefficient (Wildman–Crippen LogP) is 1.08. The summed E-state index contributed by atoms with van der Waals surface area (Å²) in [6, 6.07) is 3.56. The Morgan fingerprint density at radius 1 is 1.50 bits per heavy atom. The maximum Gasteiger partial charge on any atom is 0.328 e. The molecule has 1 fully saturated rings. The molecule has 1 aromatic rings. The second-order valence-corrected chi connectivity index (χ2v) is 4.98. The molecule has 0 saturated carbocycles. The zero-order chi connectivity index (χ0) is 16.1. The van der Waals surface area contributed by atoms with Gasteiger partial charge in [0.15, 0.2) is 17.6 Å². The first kappa shape index (κ1) is 16.2. The lowest BCUT2D eigenvalue weighted by molar-refractivity contribution is -0.158. The quantitative estimate of drug-likeness (QED) is 0.880. The molecule has 6 nitrogen and oxygen atoms in total.